The number of hydrogen-bond donors (Lipinski definition) is 1. The van der Waals surface area contributed by atoms with Gasteiger partial charge in [0.05, 0.1) is 20.4 Å². The molecule has 0 spiro atoms. The van der Waals surface area contributed by atoms with Crippen LogP contribution in [0.3, 0.4) is 0 Å². The standard InChI is InChI=1S/C21H26N2O4/c1-14(2)16-7-6-15(3)20(11-16)27-13-21(24)23-22-12-17-10-18(25-4)8-9-19(17)26-5/h6-12,14H,13H2,1-5H3,(H,23,24)/b22-12-. The Bertz CT molecular complexity index is 816. The number of nitrogens with zero attached hydrogens (tertiary/aromatic N) is 1. The molecule has 0 aliphatic heterocycles. The number of methoxy groups -OCH3 is 2. The first kappa shape index (κ1) is 20.3. The van der Waals surface area contributed by atoms with Crippen LogP contribution in [-0.4, -0.2) is 32.9 Å². The van der Waals surface area contributed by atoms with E-state index in [0.29, 0.717) is 28.7 Å². The molecule has 0 saturated heterocycles. The lowest BCUT2D eigenvalue weighted by Crippen LogP contribution is -2.24. The molecule has 1 N–H and O–H groups in total. The largest absolute Gasteiger partial charge is 0.497 e. The van der Waals surface area contributed by atoms with Gasteiger partial charge in [-0.1, -0.05) is 26.0 Å². The van der Waals surface area contributed by atoms with E-state index in [1.54, 1.807) is 32.4 Å². The van der Waals surface area contributed by atoms with Gasteiger partial charge in [0.15, 0.2) is 6.61 Å². The van der Waals surface area contributed by atoms with Crippen LogP contribution in [0.15, 0.2) is 41.5 Å². The van der Waals surface area contributed by atoms with Gasteiger partial charge in [-0.25, -0.2) is 5.43 Å². The molecule has 0 saturated carbocycles. The predicted molar refractivity (Wildman–Crippen MR) is 106 cm³/mol. The van der Waals surface area contributed by atoms with Crippen LogP contribution in [0.5, 0.6) is 17.2 Å². The van der Waals surface area contributed by atoms with Gasteiger partial charge in [-0.05, 0) is 48.2 Å². The molecule has 2 aromatic rings. The number of aryl methyl sites for hydroxylation is 1. The Kier molecular flexibility index (Phi) is 7.23. The molecule has 144 valence electrons. The van der Waals surface area contributed by atoms with Crippen LogP contribution in [0.4, 0.5) is 0 Å². The smallest absolute Gasteiger partial charge is 0.277 e. The molecule has 27 heavy (non-hydrogen) atoms. The van der Waals surface area contributed by atoms with Crippen LogP contribution in [0, 0.1) is 6.92 Å². The summed E-state index contributed by atoms with van der Waals surface area (Å²) >= 11 is 0. The van der Waals surface area contributed by atoms with E-state index < -0.39 is 0 Å². The maximum atomic E-state index is 12.0. The maximum Gasteiger partial charge on any atom is 0.277 e. The number of nitrogens with one attached hydrogen (secondary N) is 1. The average Bonchev–Trinajstić information content (AvgIpc) is 2.67. The molecule has 0 fully saturated rings. The first-order chi connectivity index (χ1) is 12.9. The average molecular weight is 370 g/mol. The number of rotatable bonds is 8. The molecule has 0 heterocycles. The van der Waals surface area contributed by atoms with Crippen molar-refractivity contribution < 1.29 is 19.0 Å². The fraction of sp³-hybridized carbons (Fsp3) is 0.333. The molecule has 0 unspecified atom stereocenters. The van der Waals surface area contributed by atoms with Crippen molar-refractivity contribution in [3.8, 4) is 17.2 Å². The van der Waals surface area contributed by atoms with Crippen LogP contribution in [0.1, 0.15) is 36.5 Å². The molecule has 6 heteroatoms. The fourth-order valence-electron chi connectivity index (χ4n) is 2.42. The Balaban J connectivity index is 1.95. The summed E-state index contributed by atoms with van der Waals surface area (Å²) in [7, 11) is 3.15. The Morgan fingerprint density at radius 2 is 1.89 bits per heavy atom. The quantitative estimate of drug-likeness (QED) is 0.569. The Morgan fingerprint density at radius 1 is 1.11 bits per heavy atom. The Morgan fingerprint density at radius 3 is 2.56 bits per heavy atom. The number of benzene rings is 2. The molecule has 6 nitrogen and oxygen atoms in total. The lowest BCUT2D eigenvalue weighted by Gasteiger charge is -2.12. The van der Waals surface area contributed by atoms with Crippen LogP contribution in [0.2, 0.25) is 0 Å². The van der Waals surface area contributed by atoms with Gasteiger partial charge in [0.25, 0.3) is 5.91 Å². The number of carbonyl (C=O) groups excluding carboxylic acids is 1. The van der Waals surface area contributed by atoms with Crippen molar-refractivity contribution in [1.82, 2.24) is 5.43 Å². The molecule has 0 bridgehead atoms. The highest BCUT2D eigenvalue weighted by Gasteiger charge is 2.08. The van der Waals surface area contributed by atoms with Crippen molar-refractivity contribution >= 4 is 12.1 Å². The van der Waals surface area contributed by atoms with E-state index in [1.807, 2.05) is 19.1 Å². The van der Waals surface area contributed by atoms with Crippen molar-refractivity contribution in [2.24, 2.45) is 5.10 Å². The zero-order valence-corrected chi connectivity index (χ0v) is 16.4. The predicted octanol–water partition coefficient (Wildman–Crippen LogP) is 3.66. The summed E-state index contributed by atoms with van der Waals surface area (Å²) in [5.41, 5.74) is 5.30. The lowest BCUT2D eigenvalue weighted by atomic mass is 10.0. The molecule has 0 aromatic heterocycles. The third kappa shape index (κ3) is 5.74. The van der Waals surface area contributed by atoms with E-state index in [-0.39, 0.29) is 12.5 Å². The van der Waals surface area contributed by atoms with Crippen molar-refractivity contribution in [3.63, 3.8) is 0 Å². The third-order valence-electron chi connectivity index (χ3n) is 4.07. The van der Waals surface area contributed by atoms with Crippen LogP contribution < -0.4 is 19.6 Å². The summed E-state index contributed by atoms with van der Waals surface area (Å²) in [6, 6.07) is 11.4. The number of hydrazone groups is 1. The van der Waals surface area contributed by atoms with Gasteiger partial charge in [-0.3, -0.25) is 4.79 Å². The van der Waals surface area contributed by atoms with Gasteiger partial charge >= 0.3 is 0 Å². The summed E-state index contributed by atoms with van der Waals surface area (Å²) < 4.78 is 16.1. The normalized spacial score (nSPS) is 10.9. The second-order valence-corrected chi connectivity index (χ2v) is 6.37. The van der Waals surface area contributed by atoms with Crippen molar-refractivity contribution in [1.29, 1.82) is 0 Å². The molecule has 0 radical (unpaired) electrons. The second-order valence-electron chi connectivity index (χ2n) is 6.37. The minimum Gasteiger partial charge on any atom is -0.497 e. The van der Waals surface area contributed by atoms with Crippen molar-refractivity contribution in [2.75, 3.05) is 20.8 Å². The van der Waals surface area contributed by atoms with Gasteiger partial charge in [0.2, 0.25) is 0 Å². The molecular formula is C21H26N2O4. The number of amides is 1. The second kappa shape index (κ2) is 9.62. The first-order valence-electron chi connectivity index (χ1n) is 8.72. The highest BCUT2D eigenvalue weighted by molar-refractivity contribution is 5.86. The van der Waals surface area contributed by atoms with Crippen molar-refractivity contribution in [3.05, 3.63) is 53.1 Å². The van der Waals surface area contributed by atoms with E-state index >= 15 is 0 Å². The summed E-state index contributed by atoms with van der Waals surface area (Å²) in [6.07, 6.45) is 1.50. The Labute approximate surface area is 160 Å². The lowest BCUT2D eigenvalue weighted by molar-refractivity contribution is -0.123. The first-order valence-corrected chi connectivity index (χ1v) is 8.72. The van der Waals surface area contributed by atoms with E-state index in [2.05, 4.69) is 30.4 Å². The molecule has 2 rings (SSSR count). The van der Waals surface area contributed by atoms with E-state index in [9.17, 15) is 4.79 Å². The van der Waals surface area contributed by atoms with Crippen LogP contribution in [-0.2, 0) is 4.79 Å². The highest BCUT2D eigenvalue weighted by Crippen LogP contribution is 2.24. The number of hydrogen-bond acceptors (Lipinski definition) is 5. The third-order valence-corrected chi connectivity index (χ3v) is 4.07. The maximum absolute atomic E-state index is 12.0. The summed E-state index contributed by atoms with van der Waals surface area (Å²) in [5.74, 6) is 2.06. The van der Waals surface area contributed by atoms with Gasteiger partial charge in [0, 0.05) is 5.56 Å². The number of ether oxygens (including phenoxy) is 3. The Hall–Kier alpha value is -3.02. The molecule has 0 atom stereocenters. The monoisotopic (exact) mass is 370 g/mol. The highest BCUT2D eigenvalue weighted by atomic mass is 16.5. The van der Waals surface area contributed by atoms with Gasteiger partial charge in [-0.2, -0.15) is 5.10 Å². The topological polar surface area (TPSA) is 69.2 Å². The molecule has 2 aromatic carbocycles. The summed E-state index contributed by atoms with van der Waals surface area (Å²) in [4.78, 5) is 12.0. The summed E-state index contributed by atoms with van der Waals surface area (Å²) in [6.45, 7) is 6.06. The molecule has 0 aliphatic rings. The van der Waals surface area contributed by atoms with Crippen LogP contribution in [0.25, 0.3) is 0 Å². The zero-order valence-electron chi connectivity index (χ0n) is 16.4. The molecule has 0 aliphatic carbocycles. The molecular weight excluding hydrogens is 344 g/mol. The van der Waals surface area contributed by atoms with Crippen molar-refractivity contribution in [2.45, 2.75) is 26.7 Å². The van der Waals surface area contributed by atoms with Crippen LogP contribution >= 0.6 is 0 Å². The van der Waals surface area contributed by atoms with E-state index in [1.165, 1.54) is 11.8 Å². The van der Waals surface area contributed by atoms with Gasteiger partial charge in [0.1, 0.15) is 17.2 Å². The number of carbonyl (C=O) groups is 1. The minimum absolute atomic E-state index is 0.116. The fourth-order valence-corrected chi connectivity index (χ4v) is 2.42. The minimum atomic E-state index is -0.345. The zero-order chi connectivity index (χ0) is 19.8. The van der Waals surface area contributed by atoms with Gasteiger partial charge < -0.3 is 14.2 Å². The van der Waals surface area contributed by atoms with E-state index in [0.717, 1.165) is 5.56 Å². The van der Waals surface area contributed by atoms with Gasteiger partial charge in [-0.15, -0.1) is 0 Å². The van der Waals surface area contributed by atoms with E-state index in [4.69, 9.17) is 14.2 Å². The summed E-state index contributed by atoms with van der Waals surface area (Å²) in [5, 5.41) is 3.97. The SMILES string of the molecule is COc1ccc(OC)c(/C=N\NC(=O)COc2cc(C(C)C)ccc2C)c1. The molecule has 1 amide bonds.